The van der Waals surface area contributed by atoms with E-state index in [1.807, 2.05) is 18.2 Å². The van der Waals surface area contributed by atoms with Gasteiger partial charge in [-0.25, -0.2) is 4.39 Å². The van der Waals surface area contributed by atoms with Crippen LogP contribution in [0.5, 0.6) is 5.75 Å². The molecule has 1 fully saturated rings. The maximum atomic E-state index is 13.5. The van der Waals surface area contributed by atoms with E-state index in [2.05, 4.69) is 6.92 Å². The van der Waals surface area contributed by atoms with Gasteiger partial charge in [-0.1, -0.05) is 11.6 Å². The van der Waals surface area contributed by atoms with E-state index in [9.17, 15) is 4.39 Å². The molecule has 92 valence electrons. The van der Waals surface area contributed by atoms with E-state index >= 15 is 0 Å². The van der Waals surface area contributed by atoms with E-state index in [0.717, 1.165) is 29.2 Å². The zero-order valence-corrected chi connectivity index (χ0v) is 10.6. The Bertz CT molecular complexity index is 448. The third kappa shape index (κ3) is 1.93. The lowest BCUT2D eigenvalue weighted by Crippen LogP contribution is -2.49. The Kier molecular flexibility index (Phi) is 2.58. The van der Waals surface area contributed by atoms with Crippen LogP contribution in [-0.2, 0) is 6.42 Å². The lowest BCUT2D eigenvalue weighted by molar-refractivity contribution is -0.0423. The number of hydrogen-bond donors (Lipinski definition) is 0. The van der Waals surface area contributed by atoms with Gasteiger partial charge >= 0.3 is 0 Å². The molecule has 1 aliphatic carbocycles. The highest BCUT2D eigenvalue weighted by atomic mass is 35.5. The van der Waals surface area contributed by atoms with Crippen molar-refractivity contribution in [1.82, 2.24) is 0 Å². The normalized spacial score (nSPS) is 35.7. The van der Waals surface area contributed by atoms with Gasteiger partial charge in [-0.3, -0.25) is 0 Å². The molecule has 17 heavy (non-hydrogen) atoms. The number of benzene rings is 1. The summed E-state index contributed by atoms with van der Waals surface area (Å²) < 4.78 is 19.6. The highest BCUT2D eigenvalue weighted by Gasteiger charge is 2.45. The average Bonchev–Trinajstić information content (AvgIpc) is 2.28. The molecular weight excluding hydrogens is 239 g/mol. The van der Waals surface area contributed by atoms with E-state index in [1.54, 1.807) is 0 Å². The van der Waals surface area contributed by atoms with E-state index < -0.39 is 6.17 Å². The monoisotopic (exact) mass is 254 g/mol. The predicted octanol–water partition coefficient (Wildman–Crippen LogP) is 4.17. The number of hydrogen-bond acceptors (Lipinski definition) is 1. The Morgan fingerprint density at radius 3 is 3.12 bits per heavy atom. The SMILES string of the molecule is C[C@@]12CC[C@@H](F)C[C@H]1Cc1cc(Cl)ccc1O2. The third-order valence-electron chi connectivity index (χ3n) is 4.19. The first kappa shape index (κ1) is 11.3. The second-order valence-electron chi connectivity index (χ2n) is 5.44. The molecule has 2 aliphatic rings. The molecule has 1 aromatic rings. The van der Waals surface area contributed by atoms with Crippen LogP contribution in [0.3, 0.4) is 0 Å². The molecule has 0 unspecified atom stereocenters. The van der Waals surface area contributed by atoms with Gasteiger partial charge in [0, 0.05) is 10.9 Å². The van der Waals surface area contributed by atoms with E-state index in [1.165, 1.54) is 0 Å². The summed E-state index contributed by atoms with van der Waals surface area (Å²) in [7, 11) is 0. The van der Waals surface area contributed by atoms with Gasteiger partial charge in [0.25, 0.3) is 0 Å². The molecule has 1 heterocycles. The van der Waals surface area contributed by atoms with Crippen molar-refractivity contribution in [2.24, 2.45) is 5.92 Å². The largest absolute Gasteiger partial charge is 0.487 e. The van der Waals surface area contributed by atoms with Crippen molar-refractivity contribution in [3.8, 4) is 5.75 Å². The molecule has 0 N–H and O–H groups in total. The summed E-state index contributed by atoms with van der Waals surface area (Å²) in [6, 6.07) is 5.73. The van der Waals surface area contributed by atoms with Crippen LogP contribution >= 0.6 is 11.6 Å². The first-order chi connectivity index (χ1) is 8.07. The van der Waals surface area contributed by atoms with Crippen LogP contribution in [0.1, 0.15) is 31.7 Å². The van der Waals surface area contributed by atoms with Crippen molar-refractivity contribution < 1.29 is 9.13 Å². The molecule has 1 aromatic carbocycles. The molecular formula is C14H16ClFO. The summed E-state index contributed by atoms with van der Waals surface area (Å²) in [6.45, 7) is 2.11. The quantitative estimate of drug-likeness (QED) is 0.675. The number of halogens is 2. The molecule has 3 atom stereocenters. The topological polar surface area (TPSA) is 9.23 Å². The lowest BCUT2D eigenvalue weighted by atomic mass is 9.71. The van der Waals surface area contributed by atoms with Crippen molar-refractivity contribution in [2.75, 3.05) is 0 Å². The maximum absolute atomic E-state index is 13.5. The molecule has 3 heteroatoms. The van der Waals surface area contributed by atoms with Gasteiger partial charge in [0.15, 0.2) is 0 Å². The molecule has 0 amide bonds. The summed E-state index contributed by atoms with van der Waals surface area (Å²) in [5.74, 6) is 1.20. The fraction of sp³-hybridized carbons (Fsp3) is 0.571. The van der Waals surface area contributed by atoms with Crippen LogP contribution in [0, 0.1) is 5.92 Å². The fourth-order valence-corrected chi connectivity index (χ4v) is 3.28. The van der Waals surface area contributed by atoms with Gasteiger partial charge in [-0.2, -0.15) is 0 Å². The molecule has 3 rings (SSSR count). The Labute approximate surface area is 106 Å². The highest BCUT2D eigenvalue weighted by Crippen LogP contribution is 2.45. The molecule has 0 aromatic heterocycles. The van der Waals surface area contributed by atoms with Gasteiger partial charge in [0.05, 0.1) is 0 Å². The van der Waals surface area contributed by atoms with Crippen molar-refractivity contribution in [3.05, 3.63) is 28.8 Å². The van der Waals surface area contributed by atoms with Crippen molar-refractivity contribution in [3.63, 3.8) is 0 Å². The third-order valence-corrected chi connectivity index (χ3v) is 4.42. The zero-order valence-electron chi connectivity index (χ0n) is 9.88. The molecule has 0 saturated heterocycles. The van der Waals surface area contributed by atoms with Crippen molar-refractivity contribution in [1.29, 1.82) is 0 Å². The molecule has 0 radical (unpaired) electrons. The second-order valence-corrected chi connectivity index (χ2v) is 5.88. The van der Waals surface area contributed by atoms with Gasteiger partial charge in [-0.15, -0.1) is 0 Å². The summed E-state index contributed by atoms with van der Waals surface area (Å²) >= 11 is 5.99. The summed E-state index contributed by atoms with van der Waals surface area (Å²) in [6.07, 6.45) is 2.25. The summed E-state index contributed by atoms with van der Waals surface area (Å²) in [4.78, 5) is 0. The van der Waals surface area contributed by atoms with Gasteiger partial charge < -0.3 is 4.74 Å². The minimum atomic E-state index is -0.669. The second kappa shape index (κ2) is 3.88. The lowest BCUT2D eigenvalue weighted by Gasteiger charge is -2.46. The van der Waals surface area contributed by atoms with Gasteiger partial charge in [0.1, 0.15) is 17.5 Å². The number of alkyl halides is 1. The van der Waals surface area contributed by atoms with E-state index in [4.69, 9.17) is 16.3 Å². The molecule has 1 aliphatic heterocycles. The average molecular weight is 255 g/mol. The Morgan fingerprint density at radius 1 is 1.47 bits per heavy atom. The molecule has 0 spiro atoms. The minimum Gasteiger partial charge on any atom is -0.487 e. The van der Waals surface area contributed by atoms with Crippen LogP contribution in [0.4, 0.5) is 4.39 Å². The molecule has 0 bridgehead atoms. The standard InChI is InChI=1S/C14H16ClFO/c1-14-5-4-12(16)8-10(14)6-9-7-11(15)2-3-13(9)17-14/h2-3,7,10,12H,4-6,8H2,1H3/t10-,12-,14-/m1/s1. The summed E-state index contributed by atoms with van der Waals surface area (Å²) in [5.41, 5.74) is 0.928. The number of fused-ring (bicyclic) bond motifs is 2. The highest BCUT2D eigenvalue weighted by molar-refractivity contribution is 6.30. The van der Waals surface area contributed by atoms with Gasteiger partial charge in [0.2, 0.25) is 0 Å². The van der Waals surface area contributed by atoms with Crippen LogP contribution in [0.15, 0.2) is 18.2 Å². The van der Waals surface area contributed by atoms with Crippen molar-refractivity contribution >= 4 is 11.6 Å². The Hall–Kier alpha value is -0.760. The molecule has 1 nitrogen and oxygen atoms in total. The van der Waals surface area contributed by atoms with Crippen LogP contribution in [0.25, 0.3) is 0 Å². The Balaban J connectivity index is 1.95. The van der Waals surface area contributed by atoms with E-state index in [0.29, 0.717) is 12.8 Å². The smallest absolute Gasteiger partial charge is 0.123 e. The first-order valence-corrected chi connectivity index (χ1v) is 6.56. The number of ether oxygens (including phenoxy) is 1. The number of rotatable bonds is 0. The summed E-state index contributed by atoms with van der Waals surface area (Å²) in [5, 5.41) is 0.726. The maximum Gasteiger partial charge on any atom is 0.123 e. The predicted molar refractivity (Wildman–Crippen MR) is 66.4 cm³/mol. The van der Waals surface area contributed by atoms with Crippen LogP contribution in [-0.4, -0.2) is 11.8 Å². The van der Waals surface area contributed by atoms with E-state index in [-0.39, 0.29) is 11.5 Å². The first-order valence-electron chi connectivity index (χ1n) is 6.18. The zero-order chi connectivity index (χ0) is 12.0. The fourth-order valence-electron chi connectivity index (χ4n) is 3.08. The van der Waals surface area contributed by atoms with Gasteiger partial charge in [-0.05, 0) is 56.4 Å². The van der Waals surface area contributed by atoms with Crippen LogP contribution in [0.2, 0.25) is 5.02 Å². The van der Waals surface area contributed by atoms with Crippen molar-refractivity contribution in [2.45, 2.75) is 44.4 Å². The molecule has 1 saturated carbocycles. The van der Waals surface area contributed by atoms with Crippen LogP contribution < -0.4 is 4.74 Å². The Morgan fingerprint density at radius 2 is 2.29 bits per heavy atom. The minimum absolute atomic E-state index is 0.191.